The maximum atomic E-state index is 13.2. The van der Waals surface area contributed by atoms with Crippen molar-refractivity contribution in [3.63, 3.8) is 0 Å². The van der Waals surface area contributed by atoms with E-state index in [-0.39, 0.29) is 23.8 Å². The van der Waals surface area contributed by atoms with Crippen molar-refractivity contribution >= 4 is 17.8 Å². The topological polar surface area (TPSA) is 75.7 Å². The van der Waals surface area contributed by atoms with Gasteiger partial charge in [0.25, 0.3) is 5.91 Å². The number of hydrogen-bond donors (Lipinski definition) is 1. The van der Waals surface area contributed by atoms with Crippen LogP contribution in [0.5, 0.6) is 0 Å². The van der Waals surface area contributed by atoms with Gasteiger partial charge < -0.3 is 15.0 Å². The number of amides is 2. The lowest BCUT2D eigenvalue weighted by molar-refractivity contribution is -0.140. The predicted molar refractivity (Wildman–Crippen MR) is 106 cm³/mol. The standard InChI is InChI=1S/C22H30N2O4/c1-28-20(25)13-7-8-14-23-21(26)19-15-17-11-5-6-12-18(17)24(19)22(27)16-9-3-2-4-10-16/h2-4,9-10,17-19H,5-8,11-15H2,1H3,(H,23,26). The molecule has 1 aromatic carbocycles. The van der Waals surface area contributed by atoms with Gasteiger partial charge in [0, 0.05) is 24.6 Å². The van der Waals surface area contributed by atoms with Crippen LogP contribution in [0, 0.1) is 5.92 Å². The summed E-state index contributed by atoms with van der Waals surface area (Å²) in [4.78, 5) is 39.1. The molecule has 1 saturated carbocycles. The third-order valence-corrected chi connectivity index (χ3v) is 5.98. The first-order valence-corrected chi connectivity index (χ1v) is 10.3. The molecule has 3 atom stereocenters. The van der Waals surface area contributed by atoms with Crippen LogP contribution in [-0.4, -0.2) is 48.4 Å². The van der Waals surface area contributed by atoms with Crippen molar-refractivity contribution in [3.8, 4) is 0 Å². The number of fused-ring (bicyclic) bond motifs is 1. The van der Waals surface area contributed by atoms with Gasteiger partial charge in [-0.2, -0.15) is 0 Å². The number of nitrogens with one attached hydrogen (secondary N) is 1. The highest BCUT2D eigenvalue weighted by molar-refractivity contribution is 5.98. The highest BCUT2D eigenvalue weighted by atomic mass is 16.5. The van der Waals surface area contributed by atoms with Crippen LogP contribution in [0.25, 0.3) is 0 Å². The average Bonchev–Trinajstić information content (AvgIpc) is 3.13. The molecular weight excluding hydrogens is 356 g/mol. The number of unbranched alkanes of at least 4 members (excludes halogenated alkanes) is 1. The minimum atomic E-state index is -0.401. The number of rotatable bonds is 7. The van der Waals surface area contributed by atoms with E-state index in [9.17, 15) is 14.4 Å². The minimum Gasteiger partial charge on any atom is -0.469 e. The maximum absolute atomic E-state index is 13.2. The molecule has 2 amide bonds. The molecule has 3 unspecified atom stereocenters. The van der Waals surface area contributed by atoms with Gasteiger partial charge in [-0.05, 0) is 50.2 Å². The van der Waals surface area contributed by atoms with Gasteiger partial charge in [-0.1, -0.05) is 31.0 Å². The fraction of sp³-hybridized carbons (Fsp3) is 0.591. The van der Waals surface area contributed by atoms with E-state index in [4.69, 9.17) is 0 Å². The fourth-order valence-corrected chi connectivity index (χ4v) is 4.54. The van der Waals surface area contributed by atoms with Crippen LogP contribution in [0.3, 0.4) is 0 Å². The maximum Gasteiger partial charge on any atom is 0.305 e. The van der Waals surface area contributed by atoms with E-state index < -0.39 is 6.04 Å². The Morgan fingerprint density at radius 2 is 1.86 bits per heavy atom. The SMILES string of the molecule is COC(=O)CCCCNC(=O)C1CC2CCCCC2N1C(=O)c1ccccc1. The van der Waals surface area contributed by atoms with Crippen LogP contribution in [0.2, 0.25) is 0 Å². The van der Waals surface area contributed by atoms with Crippen molar-refractivity contribution in [1.29, 1.82) is 0 Å². The Kier molecular flexibility index (Phi) is 7.06. The number of benzene rings is 1. The van der Waals surface area contributed by atoms with E-state index in [1.54, 1.807) is 0 Å². The molecule has 6 heteroatoms. The van der Waals surface area contributed by atoms with Crippen LogP contribution in [0.1, 0.15) is 61.7 Å². The largest absolute Gasteiger partial charge is 0.469 e. The summed E-state index contributed by atoms with van der Waals surface area (Å²) in [5.41, 5.74) is 0.643. The first-order valence-electron chi connectivity index (χ1n) is 10.3. The summed E-state index contributed by atoms with van der Waals surface area (Å²) in [5, 5.41) is 2.98. The summed E-state index contributed by atoms with van der Waals surface area (Å²) in [7, 11) is 1.38. The molecule has 2 aliphatic rings. The van der Waals surface area contributed by atoms with Gasteiger partial charge >= 0.3 is 5.97 Å². The number of nitrogens with zero attached hydrogens (tertiary/aromatic N) is 1. The lowest BCUT2D eigenvalue weighted by Gasteiger charge is -2.33. The number of hydrogen-bond acceptors (Lipinski definition) is 4. The molecule has 1 aliphatic heterocycles. The van der Waals surface area contributed by atoms with Crippen molar-refractivity contribution in [3.05, 3.63) is 35.9 Å². The molecule has 2 fully saturated rings. The monoisotopic (exact) mass is 386 g/mol. The minimum absolute atomic E-state index is 0.0409. The van der Waals surface area contributed by atoms with E-state index in [0.29, 0.717) is 37.3 Å². The summed E-state index contributed by atoms with van der Waals surface area (Å²) in [6, 6.07) is 9.01. The van der Waals surface area contributed by atoms with Gasteiger partial charge in [0.05, 0.1) is 7.11 Å². The second-order valence-corrected chi connectivity index (χ2v) is 7.77. The van der Waals surface area contributed by atoms with E-state index in [1.807, 2.05) is 35.2 Å². The van der Waals surface area contributed by atoms with Crippen LogP contribution < -0.4 is 5.32 Å². The Hall–Kier alpha value is -2.37. The summed E-state index contributed by atoms with van der Waals surface area (Å²) >= 11 is 0. The molecule has 152 valence electrons. The fourth-order valence-electron chi connectivity index (χ4n) is 4.54. The number of carbonyl (C=O) groups excluding carboxylic acids is 3. The van der Waals surface area contributed by atoms with Gasteiger partial charge in [-0.15, -0.1) is 0 Å². The molecule has 1 aromatic rings. The second-order valence-electron chi connectivity index (χ2n) is 7.77. The Morgan fingerprint density at radius 3 is 2.61 bits per heavy atom. The predicted octanol–water partition coefficient (Wildman–Crippen LogP) is 2.92. The van der Waals surface area contributed by atoms with E-state index in [0.717, 1.165) is 25.7 Å². The summed E-state index contributed by atoms with van der Waals surface area (Å²) in [5.74, 6) is 0.0694. The molecule has 1 aliphatic carbocycles. The normalized spacial score (nSPS) is 23.8. The van der Waals surface area contributed by atoms with Gasteiger partial charge in [0.2, 0.25) is 5.91 Å². The Morgan fingerprint density at radius 1 is 1.11 bits per heavy atom. The van der Waals surface area contributed by atoms with Crippen molar-refractivity contribution in [1.82, 2.24) is 10.2 Å². The van der Waals surface area contributed by atoms with Gasteiger partial charge in [0.15, 0.2) is 0 Å². The molecular formula is C22H30N2O4. The molecule has 0 spiro atoms. The zero-order valence-corrected chi connectivity index (χ0v) is 16.6. The van der Waals surface area contributed by atoms with Crippen LogP contribution >= 0.6 is 0 Å². The number of esters is 1. The Bertz CT molecular complexity index is 691. The molecule has 0 radical (unpaired) electrons. The third-order valence-electron chi connectivity index (χ3n) is 5.98. The van der Waals surface area contributed by atoms with Gasteiger partial charge in [0.1, 0.15) is 6.04 Å². The smallest absolute Gasteiger partial charge is 0.305 e. The quantitative estimate of drug-likeness (QED) is 0.577. The Labute approximate surface area is 166 Å². The van der Waals surface area contributed by atoms with E-state index in [2.05, 4.69) is 10.1 Å². The number of ether oxygens (including phenoxy) is 1. The third kappa shape index (κ3) is 4.72. The number of methoxy groups -OCH3 is 1. The van der Waals surface area contributed by atoms with Gasteiger partial charge in [-0.25, -0.2) is 0 Å². The molecule has 1 heterocycles. The molecule has 3 rings (SSSR count). The van der Waals surface area contributed by atoms with E-state index >= 15 is 0 Å². The zero-order valence-electron chi connectivity index (χ0n) is 16.6. The van der Waals surface area contributed by atoms with Crippen molar-refractivity contribution in [2.24, 2.45) is 5.92 Å². The van der Waals surface area contributed by atoms with Crippen molar-refractivity contribution < 1.29 is 19.1 Å². The Balaban J connectivity index is 1.63. The number of likely N-dealkylation sites (tertiary alicyclic amines) is 1. The molecule has 1 saturated heterocycles. The molecule has 28 heavy (non-hydrogen) atoms. The molecule has 1 N–H and O–H groups in total. The first-order chi connectivity index (χ1) is 13.6. The van der Waals surface area contributed by atoms with Crippen LogP contribution in [-0.2, 0) is 14.3 Å². The number of carbonyl (C=O) groups is 3. The zero-order chi connectivity index (χ0) is 19.9. The lowest BCUT2D eigenvalue weighted by Crippen LogP contribution is -2.49. The molecule has 0 aromatic heterocycles. The summed E-state index contributed by atoms with van der Waals surface area (Å²) < 4.78 is 4.63. The summed E-state index contributed by atoms with van der Waals surface area (Å²) in [6.45, 7) is 0.509. The van der Waals surface area contributed by atoms with Crippen LogP contribution in [0.4, 0.5) is 0 Å². The van der Waals surface area contributed by atoms with Crippen molar-refractivity contribution in [2.45, 2.75) is 63.5 Å². The van der Waals surface area contributed by atoms with Crippen molar-refractivity contribution in [2.75, 3.05) is 13.7 Å². The lowest BCUT2D eigenvalue weighted by atomic mass is 9.84. The second kappa shape index (κ2) is 9.71. The highest BCUT2D eigenvalue weighted by Gasteiger charge is 2.47. The highest BCUT2D eigenvalue weighted by Crippen LogP contribution is 2.40. The average molecular weight is 386 g/mol. The molecule has 0 bridgehead atoms. The summed E-state index contributed by atoms with van der Waals surface area (Å²) in [6.07, 6.45) is 6.86. The van der Waals surface area contributed by atoms with E-state index in [1.165, 1.54) is 13.5 Å². The molecule has 6 nitrogen and oxygen atoms in total. The van der Waals surface area contributed by atoms with Gasteiger partial charge in [-0.3, -0.25) is 14.4 Å². The van der Waals surface area contributed by atoms with Crippen LogP contribution in [0.15, 0.2) is 30.3 Å². The first kappa shape index (κ1) is 20.4.